The maximum Gasteiger partial charge on any atom is 0.173 e. The molecule has 78 valence electrons. The lowest BCUT2D eigenvalue weighted by molar-refractivity contribution is 1.25. The molecule has 6 heteroatoms. The minimum Gasteiger partial charge on any atom is -0.219 e. The molecule has 0 saturated carbocycles. The molecule has 0 aliphatic carbocycles. The number of nitrogens with zero attached hydrogens (tertiary/aromatic N) is 2. The Morgan fingerprint density at radius 1 is 1.27 bits per heavy atom. The smallest absolute Gasteiger partial charge is 0.173 e. The second kappa shape index (κ2) is 4.78. The second-order valence-corrected chi connectivity index (χ2v) is 4.99. The third kappa shape index (κ3) is 2.50. The number of alkyl halides is 1. The molecule has 0 bridgehead atoms. The summed E-state index contributed by atoms with van der Waals surface area (Å²) in [6.07, 6.45) is 0. The molecule has 2 nitrogen and oxygen atoms in total. The molecule has 2 aromatic rings. The van der Waals surface area contributed by atoms with Crippen molar-refractivity contribution in [2.75, 3.05) is 0 Å². The topological polar surface area (TPSA) is 25.8 Å². The summed E-state index contributed by atoms with van der Waals surface area (Å²) in [6, 6.07) is 5.37. The Bertz CT molecular complexity index is 487. The van der Waals surface area contributed by atoms with Gasteiger partial charge < -0.3 is 0 Å². The molecular formula is C9H5BrCl2N2S. The van der Waals surface area contributed by atoms with Crippen LogP contribution < -0.4 is 0 Å². The Morgan fingerprint density at radius 3 is 2.67 bits per heavy atom. The number of hydrogen-bond acceptors (Lipinski definition) is 3. The molecule has 0 saturated heterocycles. The van der Waals surface area contributed by atoms with E-state index in [2.05, 4.69) is 25.3 Å². The van der Waals surface area contributed by atoms with Gasteiger partial charge in [-0.1, -0.05) is 39.1 Å². The fraction of sp³-hybridized carbons (Fsp3) is 0.111. The summed E-state index contributed by atoms with van der Waals surface area (Å²) in [4.78, 5) is 4.33. The van der Waals surface area contributed by atoms with Crippen LogP contribution in [0.15, 0.2) is 18.2 Å². The van der Waals surface area contributed by atoms with E-state index in [1.807, 2.05) is 6.07 Å². The first-order valence-electron chi connectivity index (χ1n) is 4.04. The van der Waals surface area contributed by atoms with Crippen molar-refractivity contribution in [1.82, 2.24) is 9.36 Å². The van der Waals surface area contributed by atoms with Gasteiger partial charge in [-0.25, -0.2) is 4.98 Å². The number of hydrogen-bond donors (Lipinski definition) is 0. The molecular weight excluding hydrogens is 319 g/mol. The molecule has 0 spiro atoms. The minimum absolute atomic E-state index is 0.518. The molecule has 0 radical (unpaired) electrons. The monoisotopic (exact) mass is 322 g/mol. The van der Waals surface area contributed by atoms with Crippen LogP contribution in [-0.2, 0) is 5.33 Å². The Kier molecular flexibility index (Phi) is 3.61. The lowest BCUT2D eigenvalue weighted by atomic mass is 10.2. The maximum absolute atomic E-state index is 5.91. The Labute approximate surface area is 110 Å². The van der Waals surface area contributed by atoms with Crippen LogP contribution >= 0.6 is 50.7 Å². The van der Waals surface area contributed by atoms with Crippen LogP contribution in [0.25, 0.3) is 11.4 Å². The normalized spacial score (nSPS) is 10.6. The SMILES string of the molecule is Clc1ccc(-c2nsc(CBr)n2)cc1Cl. The summed E-state index contributed by atoms with van der Waals surface area (Å²) in [5.41, 5.74) is 0.882. The van der Waals surface area contributed by atoms with Crippen molar-refractivity contribution in [3.63, 3.8) is 0 Å². The summed E-state index contributed by atoms with van der Waals surface area (Å²) in [6.45, 7) is 0. The highest BCUT2D eigenvalue weighted by molar-refractivity contribution is 9.08. The van der Waals surface area contributed by atoms with E-state index in [0.717, 1.165) is 10.6 Å². The standard InChI is InChI=1S/C9H5BrCl2N2S/c10-4-8-13-9(14-15-8)5-1-2-6(11)7(12)3-5/h1-3H,4H2. The molecule has 1 aromatic carbocycles. The maximum atomic E-state index is 5.91. The van der Waals surface area contributed by atoms with E-state index in [0.29, 0.717) is 21.2 Å². The summed E-state index contributed by atoms with van der Waals surface area (Å²) in [7, 11) is 0. The van der Waals surface area contributed by atoms with E-state index in [9.17, 15) is 0 Å². The van der Waals surface area contributed by atoms with Crippen molar-refractivity contribution in [3.8, 4) is 11.4 Å². The van der Waals surface area contributed by atoms with Crippen LogP contribution in [-0.4, -0.2) is 9.36 Å². The summed E-state index contributed by atoms with van der Waals surface area (Å²) in [5, 5.41) is 2.71. The van der Waals surface area contributed by atoms with Gasteiger partial charge in [0.15, 0.2) is 5.82 Å². The Hall–Kier alpha value is -0.160. The molecule has 0 N–H and O–H groups in total. The molecule has 2 rings (SSSR count). The van der Waals surface area contributed by atoms with E-state index in [1.54, 1.807) is 12.1 Å². The van der Waals surface area contributed by atoms with Crippen molar-refractivity contribution >= 4 is 50.7 Å². The predicted octanol–water partition coefficient (Wildman–Crippen LogP) is 4.41. The predicted molar refractivity (Wildman–Crippen MR) is 68.0 cm³/mol. The van der Waals surface area contributed by atoms with E-state index in [4.69, 9.17) is 23.2 Å². The summed E-state index contributed by atoms with van der Waals surface area (Å²) >= 11 is 16.4. The first kappa shape index (κ1) is 11.3. The molecule has 0 aliphatic heterocycles. The molecule has 0 atom stereocenters. The van der Waals surface area contributed by atoms with Gasteiger partial charge in [0.1, 0.15) is 5.01 Å². The van der Waals surface area contributed by atoms with Crippen LogP contribution in [0.4, 0.5) is 0 Å². The number of halogens is 3. The summed E-state index contributed by atoms with van der Waals surface area (Å²) < 4.78 is 4.23. The van der Waals surface area contributed by atoms with Crippen LogP contribution in [0.1, 0.15) is 5.01 Å². The number of benzene rings is 1. The lowest BCUT2D eigenvalue weighted by Gasteiger charge is -1.98. The highest BCUT2D eigenvalue weighted by Gasteiger charge is 2.07. The Morgan fingerprint density at radius 2 is 2.07 bits per heavy atom. The Balaban J connectivity index is 2.40. The van der Waals surface area contributed by atoms with Gasteiger partial charge in [-0.3, -0.25) is 0 Å². The van der Waals surface area contributed by atoms with Gasteiger partial charge in [0.25, 0.3) is 0 Å². The van der Waals surface area contributed by atoms with Gasteiger partial charge in [-0.2, -0.15) is 4.37 Å². The quantitative estimate of drug-likeness (QED) is 0.765. The zero-order chi connectivity index (χ0) is 10.8. The molecule has 0 aliphatic rings. The summed E-state index contributed by atoms with van der Waals surface area (Å²) in [5.74, 6) is 0.688. The number of aromatic nitrogens is 2. The van der Waals surface area contributed by atoms with Crippen molar-refractivity contribution in [1.29, 1.82) is 0 Å². The van der Waals surface area contributed by atoms with Gasteiger partial charge in [0, 0.05) is 5.56 Å². The van der Waals surface area contributed by atoms with Gasteiger partial charge in [0.2, 0.25) is 0 Å². The zero-order valence-corrected chi connectivity index (χ0v) is 11.3. The fourth-order valence-electron chi connectivity index (χ4n) is 1.06. The average Bonchev–Trinajstić information content (AvgIpc) is 2.70. The average molecular weight is 324 g/mol. The van der Waals surface area contributed by atoms with E-state index < -0.39 is 0 Å². The van der Waals surface area contributed by atoms with Crippen molar-refractivity contribution < 1.29 is 0 Å². The molecule has 0 fully saturated rings. The second-order valence-electron chi connectivity index (χ2n) is 2.77. The van der Waals surface area contributed by atoms with Crippen molar-refractivity contribution in [2.24, 2.45) is 0 Å². The van der Waals surface area contributed by atoms with Crippen molar-refractivity contribution in [2.45, 2.75) is 5.33 Å². The van der Waals surface area contributed by atoms with E-state index in [-0.39, 0.29) is 0 Å². The first-order valence-corrected chi connectivity index (χ1v) is 6.70. The van der Waals surface area contributed by atoms with E-state index in [1.165, 1.54) is 11.5 Å². The van der Waals surface area contributed by atoms with Gasteiger partial charge in [-0.05, 0) is 29.7 Å². The highest BCUT2D eigenvalue weighted by Crippen LogP contribution is 2.27. The number of rotatable bonds is 2. The third-order valence-corrected chi connectivity index (χ3v) is 4.11. The van der Waals surface area contributed by atoms with Crippen molar-refractivity contribution in [3.05, 3.63) is 33.3 Å². The largest absolute Gasteiger partial charge is 0.219 e. The first-order chi connectivity index (χ1) is 7.20. The van der Waals surface area contributed by atoms with E-state index >= 15 is 0 Å². The molecule has 0 unspecified atom stereocenters. The molecule has 15 heavy (non-hydrogen) atoms. The van der Waals surface area contributed by atoms with Gasteiger partial charge in [-0.15, -0.1) is 0 Å². The minimum atomic E-state index is 0.518. The van der Waals surface area contributed by atoms with Crippen LogP contribution in [0.3, 0.4) is 0 Å². The molecule has 0 amide bonds. The fourth-order valence-corrected chi connectivity index (χ4v) is 2.31. The van der Waals surface area contributed by atoms with Crippen LogP contribution in [0.2, 0.25) is 10.0 Å². The lowest BCUT2D eigenvalue weighted by Crippen LogP contribution is -1.81. The third-order valence-electron chi connectivity index (χ3n) is 1.76. The van der Waals surface area contributed by atoms with Gasteiger partial charge in [0.05, 0.1) is 15.4 Å². The molecule has 1 aromatic heterocycles. The zero-order valence-electron chi connectivity index (χ0n) is 7.38. The van der Waals surface area contributed by atoms with Gasteiger partial charge >= 0.3 is 0 Å². The molecule has 1 heterocycles. The van der Waals surface area contributed by atoms with Crippen LogP contribution in [0.5, 0.6) is 0 Å². The van der Waals surface area contributed by atoms with Crippen LogP contribution in [0, 0.1) is 0 Å². The highest BCUT2D eigenvalue weighted by atomic mass is 79.9.